The summed E-state index contributed by atoms with van der Waals surface area (Å²) in [5.41, 5.74) is 2.29. The summed E-state index contributed by atoms with van der Waals surface area (Å²) in [4.78, 5) is 11.0. The number of fused-ring (bicyclic) bond motifs is 1. The van der Waals surface area contributed by atoms with Crippen LogP contribution in [0, 0.1) is 0 Å². The van der Waals surface area contributed by atoms with Crippen molar-refractivity contribution in [3.8, 4) is 0 Å². The third kappa shape index (κ3) is 2.47. The number of hydrogen-bond donors (Lipinski definition) is 1. The summed E-state index contributed by atoms with van der Waals surface area (Å²) in [5, 5.41) is 14.8. The lowest BCUT2D eigenvalue weighted by Crippen LogP contribution is -2.02. The van der Waals surface area contributed by atoms with E-state index in [2.05, 4.69) is 28.0 Å². The molecule has 0 saturated carbocycles. The van der Waals surface area contributed by atoms with E-state index < -0.39 is 5.97 Å². The maximum atomic E-state index is 11.0. The number of aryl methyl sites for hydroxylation is 1. The third-order valence-electron chi connectivity index (χ3n) is 3.44. The van der Waals surface area contributed by atoms with Gasteiger partial charge in [0.2, 0.25) is 0 Å². The van der Waals surface area contributed by atoms with Gasteiger partial charge in [-0.15, -0.1) is 0 Å². The quantitative estimate of drug-likeness (QED) is 0.786. The number of rotatable bonds is 4. The van der Waals surface area contributed by atoms with Crippen LogP contribution in [0.5, 0.6) is 0 Å². The molecule has 2 heterocycles. The van der Waals surface area contributed by atoms with Crippen molar-refractivity contribution in [1.29, 1.82) is 0 Å². The second-order valence-electron chi connectivity index (χ2n) is 4.76. The summed E-state index contributed by atoms with van der Waals surface area (Å²) < 4.78 is 4.54. The standard InChI is InChI=1S/C15H14BrN3O2/c1-2-19-13-6-4-3-5-11(13)12(17-19)9-18-8-10(15(20)21)7-14(18)16/h3-8H,2,9H2,1H3,(H,20,21). The Labute approximate surface area is 129 Å². The molecule has 0 saturated heterocycles. The fourth-order valence-corrected chi connectivity index (χ4v) is 2.91. The number of carbonyl (C=O) groups is 1. The molecule has 0 amide bonds. The molecule has 6 heteroatoms. The van der Waals surface area contributed by atoms with Gasteiger partial charge in [-0.2, -0.15) is 5.10 Å². The minimum atomic E-state index is -0.932. The Morgan fingerprint density at radius 1 is 1.38 bits per heavy atom. The Morgan fingerprint density at radius 2 is 2.14 bits per heavy atom. The molecule has 0 spiro atoms. The second-order valence-corrected chi connectivity index (χ2v) is 5.58. The number of carboxylic acids is 1. The number of para-hydroxylation sites is 1. The zero-order valence-electron chi connectivity index (χ0n) is 11.5. The highest BCUT2D eigenvalue weighted by molar-refractivity contribution is 9.10. The Hall–Kier alpha value is -2.08. The van der Waals surface area contributed by atoms with Gasteiger partial charge in [0.25, 0.3) is 0 Å². The van der Waals surface area contributed by atoms with E-state index in [0.29, 0.717) is 6.54 Å². The first-order valence-corrected chi connectivity index (χ1v) is 7.43. The highest BCUT2D eigenvalue weighted by Crippen LogP contribution is 2.22. The van der Waals surface area contributed by atoms with Crippen LogP contribution in [0.2, 0.25) is 0 Å². The number of carboxylic acid groups (broad SMARTS) is 1. The topological polar surface area (TPSA) is 60.0 Å². The monoisotopic (exact) mass is 347 g/mol. The molecular formula is C15H14BrN3O2. The van der Waals surface area contributed by atoms with Gasteiger partial charge in [0.15, 0.2) is 0 Å². The van der Waals surface area contributed by atoms with E-state index in [9.17, 15) is 4.79 Å². The number of benzene rings is 1. The summed E-state index contributed by atoms with van der Waals surface area (Å²) >= 11 is 3.40. The van der Waals surface area contributed by atoms with Crippen LogP contribution in [0.1, 0.15) is 23.0 Å². The maximum absolute atomic E-state index is 11.0. The van der Waals surface area contributed by atoms with Crippen molar-refractivity contribution in [2.24, 2.45) is 0 Å². The predicted octanol–water partition coefficient (Wildman–Crippen LogP) is 3.37. The lowest BCUT2D eigenvalue weighted by atomic mass is 10.2. The normalized spacial score (nSPS) is 11.1. The van der Waals surface area contributed by atoms with E-state index in [0.717, 1.165) is 27.7 Å². The van der Waals surface area contributed by atoms with Crippen LogP contribution in [0.25, 0.3) is 10.9 Å². The number of aromatic nitrogens is 3. The summed E-state index contributed by atoms with van der Waals surface area (Å²) in [5.74, 6) is -0.932. The van der Waals surface area contributed by atoms with Crippen molar-refractivity contribution < 1.29 is 9.90 Å². The molecule has 5 nitrogen and oxygen atoms in total. The molecule has 3 rings (SSSR count). The number of aromatic carboxylic acids is 1. The van der Waals surface area contributed by atoms with Gasteiger partial charge in [0.1, 0.15) is 0 Å². The van der Waals surface area contributed by atoms with Crippen LogP contribution in [-0.2, 0) is 13.1 Å². The van der Waals surface area contributed by atoms with E-state index in [1.807, 2.05) is 33.5 Å². The van der Waals surface area contributed by atoms with Gasteiger partial charge >= 0.3 is 5.97 Å². The Kier molecular flexibility index (Phi) is 3.55. The average Bonchev–Trinajstić information content (AvgIpc) is 3.01. The number of nitrogens with zero attached hydrogens (tertiary/aromatic N) is 3. The molecule has 0 aliphatic rings. The van der Waals surface area contributed by atoms with Crippen LogP contribution in [0.15, 0.2) is 41.1 Å². The Balaban J connectivity index is 2.04. The molecular weight excluding hydrogens is 334 g/mol. The minimum absolute atomic E-state index is 0.265. The van der Waals surface area contributed by atoms with Crippen molar-refractivity contribution in [2.75, 3.05) is 0 Å². The van der Waals surface area contributed by atoms with E-state index in [1.165, 1.54) is 0 Å². The highest BCUT2D eigenvalue weighted by Gasteiger charge is 2.13. The molecule has 0 bridgehead atoms. The van der Waals surface area contributed by atoms with Crippen LogP contribution in [0.3, 0.4) is 0 Å². The van der Waals surface area contributed by atoms with Gasteiger partial charge in [-0.1, -0.05) is 18.2 Å². The molecule has 108 valence electrons. The fourth-order valence-electron chi connectivity index (χ4n) is 2.43. The maximum Gasteiger partial charge on any atom is 0.337 e. The average molecular weight is 348 g/mol. The van der Waals surface area contributed by atoms with Crippen molar-refractivity contribution in [3.63, 3.8) is 0 Å². The number of hydrogen-bond acceptors (Lipinski definition) is 2. The van der Waals surface area contributed by atoms with Gasteiger partial charge < -0.3 is 9.67 Å². The highest BCUT2D eigenvalue weighted by atomic mass is 79.9. The van der Waals surface area contributed by atoms with Crippen molar-refractivity contribution in [2.45, 2.75) is 20.0 Å². The van der Waals surface area contributed by atoms with E-state index >= 15 is 0 Å². The summed E-state index contributed by atoms with van der Waals surface area (Å²) in [6.07, 6.45) is 1.62. The van der Waals surface area contributed by atoms with Crippen molar-refractivity contribution in [1.82, 2.24) is 14.3 Å². The van der Waals surface area contributed by atoms with Gasteiger partial charge in [0, 0.05) is 18.1 Å². The van der Waals surface area contributed by atoms with Gasteiger partial charge in [-0.3, -0.25) is 4.68 Å². The van der Waals surface area contributed by atoms with Crippen LogP contribution >= 0.6 is 15.9 Å². The largest absolute Gasteiger partial charge is 0.478 e. The van der Waals surface area contributed by atoms with Gasteiger partial charge in [-0.25, -0.2) is 4.79 Å². The first kappa shape index (κ1) is 13.9. The molecule has 0 fully saturated rings. The molecule has 21 heavy (non-hydrogen) atoms. The smallest absolute Gasteiger partial charge is 0.337 e. The Bertz CT molecular complexity index is 820. The zero-order chi connectivity index (χ0) is 15.0. The minimum Gasteiger partial charge on any atom is -0.478 e. The molecule has 2 aromatic heterocycles. The van der Waals surface area contributed by atoms with E-state index in [-0.39, 0.29) is 5.56 Å². The molecule has 1 aromatic carbocycles. The number of halogens is 1. The lowest BCUT2D eigenvalue weighted by Gasteiger charge is -2.02. The molecule has 0 aliphatic carbocycles. The SMILES string of the molecule is CCn1nc(Cn2cc(C(=O)O)cc2Br)c2ccccc21. The summed E-state index contributed by atoms with van der Waals surface area (Å²) in [6.45, 7) is 3.38. The van der Waals surface area contributed by atoms with E-state index in [1.54, 1.807) is 12.3 Å². The first-order chi connectivity index (χ1) is 10.1. The van der Waals surface area contributed by atoms with Crippen molar-refractivity contribution in [3.05, 3.63) is 52.4 Å². The molecule has 0 atom stereocenters. The molecule has 3 aromatic rings. The molecule has 0 aliphatic heterocycles. The van der Waals surface area contributed by atoms with Crippen LogP contribution in [-0.4, -0.2) is 25.4 Å². The zero-order valence-corrected chi connectivity index (χ0v) is 13.0. The fraction of sp³-hybridized carbons (Fsp3) is 0.200. The molecule has 0 unspecified atom stereocenters. The van der Waals surface area contributed by atoms with Crippen molar-refractivity contribution >= 4 is 32.8 Å². The molecule has 0 radical (unpaired) electrons. The summed E-state index contributed by atoms with van der Waals surface area (Å²) in [7, 11) is 0. The second kappa shape index (κ2) is 5.37. The Morgan fingerprint density at radius 3 is 2.81 bits per heavy atom. The third-order valence-corrected chi connectivity index (χ3v) is 4.13. The lowest BCUT2D eigenvalue weighted by molar-refractivity contribution is 0.0697. The van der Waals surface area contributed by atoms with Gasteiger partial charge in [0.05, 0.1) is 27.9 Å². The van der Waals surface area contributed by atoms with Crippen LogP contribution < -0.4 is 0 Å². The van der Waals surface area contributed by atoms with Gasteiger partial charge in [-0.05, 0) is 35.0 Å². The first-order valence-electron chi connectivity index (χ1n) is 6.63. The summed E-state index contributed by atoms with van der Waals surface area (Å²) in [6, 6.07) is 9.67. The molecule has 1 N–H and O–H groups in total. The predicted molar refractivity (Wildman–Crippen MR) is 83.6 cm³/mol. The van der Waals surface area contributed by atoms with Crippen LogP contribution in [0.4, 0.5) is 0 Å². The van der Waals surface area contributed by atoms with E-state index in [4.69, 9.17) is 5.11 Å².